The first-order chi connectivity index (χ1) is 14.2. The number of carbonyl (C=O) groups is 1. The van der Waals surface area contributed by atoms with Crippen molar-refractivity contribution in [1.82, 2.24) is 10.2 Å². The molecule has 1 amide bonds. The summed E-state index contributed by atoms with van der Waals surface area (Å²) in [7, 11) is 0. The van der Waals surface area contributed by atoms with Crippen LogP contribution < -0.4 is 10.1 Å². The van der Waals surface area contributed by atoms with Crippen molar-refractivity contribution in [3.63, 3.8) is 0 Å². The molecule has 7 heteroatoms. The Hall–Kier alpha value is -3.64. The number of para-hydroxylation sites is 1. The van der Waals surface area contributed by atoms with Gasteiger partial charge in [-0.25, -0.2) is 0 Å². The maximum absolute atomic E-state index is 12.2. The molecule has 144 valence electrons. The van der Waals surface area contributed by atoms with E-state index in [0.29, 0.717) is 33.8 Å². The number of halogens is 1. The van der Waals surface area contributed by atoms with Gasteiger partial charge in [-0.3, -0.25) is 4.79 Å². The maximum atomic E-state index is 12.2. The molecule has 1 heterocycles. The highest BCUT2D eigenvalue weighted by Crippen LogP contribution is 2.26. The van der Waals surface area contributed by atoms with Crippen LogP contribution in [-0.2, 0) is 4.79 Å². The Morgan fingerprint density at radius 2 is 1.59 bits per heavy atom. The van der Waals surface area contributed by atoms with Crippen LogP contribution in [0.15, 0.2) is 83.3 Å². The van der Waals surface area contributed by atoms with E-state index in [-0.39, 0.29) is 12.5 Å². The Morgan fingerprint density at radius 1 is 0.897 bits per heavy atom. The maximum Gasteiger partial charge on any atom is 0.262 e. The second kappa shape index (κ2) is 8.58. The van der Waals surface area contributed by atoms with Gasteiger partial charge in [-0.2, -0.15) is 0 Å². The first kappa shape index (κ1) is 18.7. The van der Waals surface area contributed by atoms with E-state index in [2.05, 4.69) is 15.5 Å². The van der Waals surface area contributed by atoms with Gasteiger partial charge in [0, 0.05) is 16.8 Å². The molecule has 0 radical (unpaired) electrons. The number of benzene rings is 3. The van der Waals surface area contributed by atoms with Crippen molar-refractivity contribution in [3.8, 4) is 28.7 Å². The number of anilines is 1. The molecule has 4 aromatic rings. The van der Waals surface area contributed by atoms with Crippen LogP contribution in [0.5, 0.6) is 5.75 Å². The number of nitrogens with zero attached hydrogens (tertiary/aromatic N) is 2. The standard InChI is InChI=1S/C22H16ClN3O3/c23-18-11-4-5-12-19(18)28-14-20(27)24-17-10-6-9-16(13-17)22-26-25-21(29-22)15-7-2-1-3-8-15/h1-13H,14H2,(H,24,27). The Balaban J connectivity index is 1.43. The summed E-state index contributed by atoms with van der Waals surface area (Å²) in [6.45, 7) is -0.160. The van der Waals surface area contributed by atoms with Crippen LogP contribution >= 0.6 is 11.6 Å². The average Bonchev–Trinajstić information content (AvgIpc) is 3.24. The zero-order valence-electron chi connectivity index (χ0n) is 15.2. The van der Waals surface area contributed by atoms with Crippen LogP contribution in [0.2, 0.25) is 5.02 Å². The van der Waals surface area contributed by atoms with E-state index < -0.39 is 0 Å². The lowest BCUT2D eigenvalue weighted by molar-refractivity contribution is -0.118. The highest BCUT2D eigenvalue weighted by Gasteiger charge is 2.12. The molecule has 0 fully saturated rings. The second-order valence-electron chi connectivity index (χ2n) is 6.13. The highest BCUT2D eigenvalue weighted by atomic mass is 35.5. The summed E-state index contributed by atoms with van der Waals surface area (Å²) in [6, 6.07) is 23.7. The number of ether oxygens (including phenoxy) is 1. The Kier molecular flexibility index (Phi) is 5.54. The lowest BCUT2D eigenvalue weighted by Gasteiger charge is -2.09. The molecule has 6 nitrogen and oxygen atoms in total. The Bertz CT molecular complexity index is 1130. The molecule has 1 N–H and O–H groups in total. The first-order valence-electron chi connectivity index (χ1n) is 8.85. The molecule has 0 saturated heterocycles. The molecule has 0 aliphatic heterocycles. The van der Waals surface area contributed by atoms with E-state index in [1.54, 1.807) is 42.5 Å². The molecule has 1 aromatic heterocycles. The molecule has 29 heavy (non-hydrogen) atoms. The first-order valence-corrected chi connectivity index (χ1v) is 9.23. The van der Waals surface area contributed by atoms with E-state index in [1.807, 2.05) is 36.4 Å². The Labute approximate surface area is 172 Å². The smallest absolute Gasteiger partial charge is 0.262 e. The van der Waals surface area contributed by atoms with Crippen LogP contribution in [0.3, 0.4) is 0 Å². The molecule has 0 aliphatic carbocycles. The van der Waals surface area contributed by atoms with E-state index in [9.17, 15) is 4.79 Å². The number of carbonyl (C=O) groups excluding carboxylic acids is 1. The zero-order chi connectivity index (χ0) is 20.1. The van der Waals surface area contributed by atoms with Crippen molar-refractivity contribution in [2.75, 3.05) is 11.9 Å². The number of nitrogens with one attached hydrogen (secondary N) is 1. The SMILES string of the molecule is O=C(COc1ccccc1Cl)Nc1cccc(-c2nnc(-c3ccccc3)o2)c1. The third kappa shape index (κ3) is 4.62. The number of amides is 1. The largest absolute Gasteiger partial charge is 0.482 e. The predicted molar refractivity (Wildman–Crippen MR) is 111 cm³/mol. The summed E-state index contributed by atoms with van der Waals surface area (Å²) in [5, 5.41) is 11.4. The topological polar surface area (TPSA) is 77.2 Å². The number of aromatic nitrogens is 2. The normalized spacial score (nSPS) is 10.5. The molecule has 0 saturated carbocycles. The monoisotopic (exact) mass is 405 g/mol. The van der Waals surface area contributed by atoms with Crippen molar-refractivity contribution in [2.45, 2.75) is 0 Å². The van der Waals surface area contributed by atoms with Gasteiger partial charge in [-0.1, -0.05) is 48.0 Å². The van der Waals surface area contributed by atoms with Gasteiger partial charge in [-0.05, 0) is 42.5 Å². The lowest BCUT2D eigenvalue weighted by Crippen LogP contribution is -2.20. The average molecular weight is 406 g/mol. The summed E-state index contributed by atoms with van der Waals surface area (Å²) in [5.41, 5.74) is 2.13. The predicted octanol–water partition coefficient (Wildman–Crippen LogP) is 5.07. The van der Waals surface area contributed by atoms with Gasteiger partial charge < -0.3 is 14.5 Å². The summed E-state index contributed by atoms with van der Waals surface area (Å²) in [6.07, 6.45) is 0. The molecule has 0 unspecified atom stereocenters. The third-order valence-electron chi connectivity index (χ3n) is 4.03. The fraction of sp³-hybridized carbons (Fsp3) is 0.0455. The number of rotatable bonds is 6. The summed E-state index contributed by atoms with van der Waals surface area (Å²) in [5.74, 6) is 0.949. The van der Waals surface area contributed by atoms with Gasteiger partial charge in [0.15, 0.2) is 6.61 Å². The van der Waals surface area contributed by atoms with Gasteiger partial charge in [-0.15, -0.1) is 10.2 Å². The van der Waals surface area contributed by atoms with E-state index in [4.69, 9.17) is 20.8 Å². The summed E-state index contributed by atoms with van der Waals surface area (Å²) in [4.78, 5) is 12.2. The van der Waals surface area contributed by atoms with Crippen molar-refractivity contribution in [3.05, 3.63) is 83.9 Å². The molecule has 0 spiro atoms. The fourth-order valence-electron chi connectivity index (χ4n) is 2.67. The van der Waals surface area contributed by atoms with Crippen molar-refractivity contribution >= 4 is 23.2 Å². The van der Waals surface area contributed by atoms with Crippen LogP contribution in [0, 0.1) is 0 Å². The van der Waals surface area contributed by atoms with Gasteiger partial charge in [0.1, 0.15) is 5.75 Å². The molecule has 0 aliphatic rings. The number of hydrogen-bond donors (Lipinski definition) is 1. The molecular formula is C22H16ClN3O3. The van der Waals surface area contributed by atoms with Crippen molar-refractivity contribution in [2.24, 2.45) is 0 Å². The Morgan fingerprint density at radius 3 is 2.38 bits per heavy atom. The van der Waals surface area contributed by atoms with Crippen LogP contribution in [0.4, 0.5) is 5.69 Å². The van der Waals surface area contributed by atoms with Gasteiger partial charge >= 0.3 is 0 Å². The fourth-order valence-corrected chi connectivity index (χ4v) is 2.86. The second-order valence-corrected chi connectivity index (χ2v) is 6.53. The molecule has 0 bridgehead atoms. The minimum Gasteiger partial charge on any atom is -0.482 e. The lowest BCUT2D eigenvalue weighted by atomic mass is 10.2. The van der Waals surface area contributed by atoms with Crippen LogP contribution in [-0.4, -0.2) is 22.7 Å². The quantitative estimate of drug-likeness (QED) is 0.484. The zero-order valence-corrected chi connectivity index (χ0v) is 16.0. The third-order valence-corrected chi connectivity index (χ3v) is 4.35. The van der Waals surface area contributed by atoms with Crippen molar-refractivity contribution in [1.29, 1.82) is 0 Å². The van der Waals surface area contributed by atoms with Crippen LogP contribution in [0.1, 0.15) is 0 Å². The molecule has 3 aromatic carbocycles. The van der Waals surface area contributed by atoms with E-state index >= 15 is 0 Å². The molecule has 4 rings (SSSR count). The van der Waals surface area contributed by atoms with Crippen molar-refractivity contribution < 1.29 is 13.9 Å². The highest BCUT2D eigenvalue weighted by molar-refractivity contribution is 6.32. The minimum absolute atomic E-state index is 0.160. The summed E-state index contributed by atoms with van der Waals surface area (Å²) < 4.78 is 11.2. The minimum atomic E-state index is -0.308. The number of hydrogen-bond acceptors (Lipinski definition) is 5. The van der Waals surface area contributed by atoms with Gasteiger partial charge in [0.25, 0.3) is 5.91 Å². The summed E-state index contributed by atoms with van der Waals surface area (Å²) >= 11 is 6.02. The van der Waals surface area contributed by atoms with Gasteiger partial charge in [0.05, 0.1) is 5.02 Å². The van der Waals surface area contributed by atoms with Crippen LogP contribution in [0.25, 0.3) is 22.9 Å². The van der Waals surface area contributed by atoms with E-state index in [0.717, 1.165) is 5.56 Å². The van der Waals surface area contributed by atoms with Gasteiger partial charge in [0.2, 0.25) is 11.8 Å². The molecule has 0 atom stereocenters. The molecular weight excluding hydrogens is 390 g/mol. The van der Waals surface area contributed by atoms with E-state index in [1.165, 1.54) is 0 Å².